The van der Waals surface area contributed by atoms with Gasteiger partial charge in [0.05, 0.1) is 29.4 Å². The summed E-state index contributed by atoms with van der Waals surface area (Å²) in [7, 11) is 1.90. The molecule has 1 aromatic heterocycles. The Morgan fingerprint density at radius 2 is 2.00 bits per heavy atom. The summed E-state index contributed by atoms with van der Waals surface area (Å²) in [6, 6.07) is 4.54. The van der Waals surface area contributed by atoms with Gasteiger partial charge in [0.1, 0.15) is 12.4 Å². The fraction of sp³-hybridized carbons (Fsp3) is 0.600. The van der Waals surface area contributed by atoms with E-state index in [2.05, 4.69) is 11.9 Å². The lowest BCUT2D eigenvalue weighted by Crippen LogP contribution is -2.30. The number of alkyl halides is 3. The van der Waals surface area contributed by atoms with E-state index in [1.165, 1.54) is 13.8 Å². The molecule has 2 aromatic rings. The standard InChI is InChI=1S/C25H32F3N3O4/c1-23(2,33)15-35-19-8-7-16(25(26,27)28)12-18(19)22(32)29-21-13-20(24(3)9-10-24)30(4)31(21)14-17-6-5-11-34-17/h7-8,12-13,17,33H,5-6,9-11,14-15H2,1-4H3/t17-/m1/s1. The van der Waals surface area contributed by atoms with Gasteiger partial charge in [-0.1, -0.05) is 6.92 Å². The average molecular weight is 496 g/mol. The second-order valence-corrected chi connectivity index (χ2v) is 10.4. The van der Waals surface area contributed by atoms with Crippen molar-refractivity contribution in [2.45, 2.75) is 76.3 Å². The molecule has 1 aliphatic carbocycles. The molecule has 1 atom stereocenters. The van der Waals surface area contributed by atoms with Crippen molar-refractivity contribution in [1.82, 2.24) is 9.36 Å². The van der Waals surface area contributed by atoms with Gasteiger partial charge in [-0.2, -0.15) is 18.2 Å². The van der Waals surface area contributed by atoms with Crippen molar-refractivity contribution in [1.29, 1.82) is 0 Å². The molecule has 4 rings (SSSR count). The van der Waals surface area contributed by atoms with Crippen molar-refractivity contribution in [2.75, 3.05) is 13.2 Å². The first-order valence-electron chi connectivity index (χ1n) is 11.8. The van der Waals surface area contributed by atoms with Crippen LogP contribution in [0.3, 0.4) is 0 Å². The van der Waals surface area contributed by atoms with Crippen LogP contribution in [0.2, 0.25) is 0 Å². The molecule has 0 unspecified atom stereocenters. The second kappa shape index (κ2) is 9.13. The van der Waals surface area contributed by atoms with Gasteiger partial charge in [-0.25, -0.2) is 0 Å². The fourth-order valence-corrected chi connectivity index (χ4v) is 4.29. The van der Waals surface area contributed by atoms with Crippen molar-refractivity contribution in [3.05, 3.63) is 46.6 Å². The zero-order valence-corrected chi connectivity index (χ0v) is 20.5. The Morgan fingerprint density at radius 1 is 1.29 bits per heavy atom. The van der Waals surface area contributed by atoms with Gasteiger partial charge in [0, 0.05) is 30.8 Å². The topological polar surface area (TPSA) is 78.0 Å². The maximum atomic E-state index is 13.4. The zero-order valence-electron chi connectivity index (χ0n) is 20.5. The lowest BCUT2D eigenvalue weighted by Gasteiger charge is -2.19. The number of aromatic nitrogens is 2. The van der Waals surface area contributed by atoms with E-state index in [1.54, 1.807) is 0 Å². The number of carbonyl (C=O) groups excluding carboxylic acids is 1. The number of rotatable bonds is 7. The van der Waals surface area contributed by atoms with Crippen LogP contribution in [-0.2, 0) is 29.9 Å². The predicted molar refractivity (Wildman–Crippen MR) is 122 cm³/mol. The molecule has 2 heterocycles. The molecule has 0 radical (unpaired) electrons. The minimum Gasteiger partial charge on any atom is -0.490 e. The van der Waals surface area contributed by atoms with Crippen LogP contribution in [0.25, 0.3) is 0 Å². The molecule has 2 aliphatic rings. The maximum Gasteiger partial charge on any atom is 0.416 e. The van der Waals surface area contributed by atoms with E-state index in [4.69, 9.17) is 9.47 Å². The summed E-state index contributed by atoms with van der Waals surface area (Å²) in [5.41, 5.74) is -1.15. The number of hydrogen-bond acceptors (Lipinski definition) is 4. The van der Waals surface area contributed by atoms with E-state index < -0.39 is 23.2 Å². The summed E-state index contributed by atoms with van der Waals surface area (Å²) in [6.07, 6.45) is -0.777. The fourth-order valence-electron chi connectivity index (χ4n) is 4.29. The van der Waals surface area contributed by atoms with Crippen molar-refractivity contribution in [3.63, 3.8) is 0 Å². The lowest BCUT2D eigenvalue weighted by molar-refractivity contribution is -0.137. The number of nitrogens with zero attached hydrogens (tertiary/aromatic N) is 3. The molecule has 1 saturated heterocycles. The Balaban J connectivity index is 1.77. The van der Waals surface area contributed by atoms with Crippen LogP contribution in [-0.4, -0.2) is 45.3 Å². The first-order chi connectivity index (χ1) is 16.3. The van der Waals surface area contributed by atoms with Gasteiger partial charge in [0.2, 0.25) is 0 Å². The normalized spacial score (nSPS) is 20.3. The van der Waals surface area contributed by atoms with Crippen LogP contribution in [0.15, 0.2) is 29.3 Å². The smallest absolute Gasteiger partial charge is 0.416 e. The Hall–Kier alpha value is -2.59. The van der Waals surface area contributed by atoms with Crippen LogP contribution in [0, 0.1) is 0 Å². The van der Waals surface area contributed by atoms with Crippen LogP contribution < -0.4 is 10.2 Å². The Kier molecular flexibility index (Phi) is 6.65. The molecule has 192 valence electrons. The van der Waals surface area contributed by atoms with E-state index in [0.717, 1.165) is 49.6 Å². The minimum atomic E-state index is -4.63. The zero-order chi connectivity index (χ0) is 25.6. The Bertz CT molecular complexity index is 1160. The average Bonchev–Trinajstić information content (AvgIpc) is 3.16. The number of ether oxygens (including phenoxy) is 2. The van der Waals surface area contributed by atoms with E-state index >= 15 is 0 Å². The molecule has 1 aromatic carbocycles. The number of halogens is 3. The molecule has 35 heavy (non-hydrogen) atoms. The van der Waals surface area contributed by atoms with Gasteiger partial charge < -0.3 is 14.6 Å². The van der Waals surface area contributed by atoms with Crippen molar-refractivity contribution in [2.24, 2.45) is 12.0 Å². The summed E-state index contributed by atoms with van der Waals surface area (Å²) in [6.45, 7) is 6.11. The third-order valence-corrected chi connectivity index (χ3v) is 6.59. The van der Waals surface area contributed by atoms with Gasteiger partial charge in [-0.3, -0.25) is 14.2 Å². The number of amides is 1. The molecular weight excluding hydrogens is 463 g/mol. The highest BCUT2D eigenvalue weighted by molar-refractivity contribution is 5.97. The van der Waals surface area contributed by atoms with Crippen molar-refractivity contribution < 1.29 is 32.5 Å². The van der Waals surface area contributed by atoms with Crippen LogP contribution in [0.4, 0.5) is 13.2 Å². The third-order valence-electron chi connectivity index (χ3n) is 6.59. The van der Waals surface area contributed by atoms with Crippen molar-refractivity contribution >= 4 is 5.91 Å². The summed E-state index contributed by atoms with van der Waals surface area (Å²) in [4.78, 5) is 17.5. The third kappa shape index (κ3) is 5.81. The predicted octanol–water partition coefficient (Wildman–Crippen LogP) is 3.97. The largest absolute Gasteiger partial charge is 0.490 e. The molecule has 1 N–H and O–H groups in total. The molecule has 0 bridgehead atoms. The highest BCUT2D eigenvalue weighted by Gasteiger charge is 2.42. The Morgan fingerprint density at radius 3 is 2.57 bits per heavy atom. The van der Waals surface area contributed by atoms with Gasteiger partial charge in [0.25, 0.3) is 5.91 Å². The summed E-state index contributed by atoms with van der Waals surface area (Å²) in [5, 5.41) is 9.98. The highest BCUT2D eigenvalue weighted by atomic mass is 19.4. The summed E-state index contributed by atoms with van der Waals surface area (Å²) >= 11 is 0. The quantitative estimate of drug-likeness (QED) is 0.631. The second-order valence-electron chi connectivity index (χ2n) is 10.4. The molecule has 7 nitrogen and oxygen atoms in total. The number of carbonyl (C=O) groups is 1. The lowest BCUT2D eigenvalue weighted by atomic mass is 10.1. The van der Waals surface area contributed by atoms with Crippen LogP contribution in [0.1, 0.15) is 68.1 Å². The molecule has 2 fully saturated rings. The van der Waals surface area contributed by atoms with E-state index in [9.17, 15) is 23.1 Å². The van der Waals surface area contributed by atoms with Gasteiger partial charge in [-0.15, -0.1) is 0 Å². The highest BCUT2D eigenvalue weighted by Crippen LogP contribution is 2.47. The summed E-state index contributed by atoms with van der Waals surface area (Å²) < 4.78 is 55.4. The number of aliphatic hydroxyl groups is 1. The SMILES string of the molecule is Cn1c(C2(C)CC2)cc(=NC(=O)c2cc(C(F)(F)F)ccc2OCC(C)(C)O)n1C[C@H]1CCCO1. The minimum absolute atomic E-state index is 0.0129. The molecule has 10 heteroatoms. The summed E-state index contributed by atoms with van der Waals surface area (Å²) in [5.74, 6) is -0.911. The Labute approximate surface area is 202 Å². The molecular formula is C25H32F3N3O4. The van der Waals surface area contributed by atoms with E-state index in [-0.39, 0.29) is 29.4 Å². The van der Waals surface area contributed by atoms with Gasteiger partial charge >= 0.3 is 6.18 Å². The maximum absolute atomic E-state index is 13.4. The number of benzene rings is 1. The van der Waals surface area contributed by atoms with Crippen molar-refractivity contribution in [3.8, 4) is 5.75 Å². The van der Waals surface area contributed by atoms with E-state index in [1.807, 2.05) is 22.5 Å². The molecule has 1 aliphatic heterocycles. The number of hydrogen-bond donors (Lipinski definition) is 1. The first-order valence-corrected chi connectivity index (χ1v) is 11.8. The molecule has 0 spiro atoms. The molecule has 1 saturated carbocycles. The van der Waals surface area contributed by atoms with Gasteiger partial charge in [0.15, 0.2) is 5.49 Å². The monoisotopic (exact) mass is 495 g/mol. The van der Waals surface area contributed by atoms with Crippen LogP contribution >= 0.6 is 0 Å². The molecule has 1 amide bonds. The first kappa shape index (κ1) is 25.5. The van der Waals surface area contributed by atoms with E-state index in [0.29, 0.717) is 18.6 Å². The van der Waals surface area contributed by atoms with Gasteiger partial charge in [-0.05, 0) is 57.7 Å². The van der Waals surface area contributed by atoms with Crippen LogP contribution in [0.5, 0.6) is 5.75 Å².